The van der Waals surface area contributed by atoms with Gasteiger partial charge in [-0.3, -0.25) is 5.10 Å². The van der Waals surface area contributed by atoms with Gasteiger partial charge in [-0.1, -0.05) is 0 Å². The smallest absolute Gasteiger partial charge is 0.353 e. The van der Waals surface area contributed by atoms with E-state index < -0.39 is 11.7 Å². The number of nitrogens with zero attached hydrogens (tertiary/aromatic N) is 3. The molecule has 0 saturated carbocycles. The molecule has 4 rings (SSSR count). The van der Waals surface area contributed by atoms with Crippen molar-refractivity contribution in [2.24, 2.45) is 0 Å². The maximum Gasteiger partial charge on any atom is 0.416 e. The maximum absolute atomic E-state index is 13.3. The summed E-state index contributed by atoms with van der Waals surface area (Å²) in [5, 5.41) is 13.1. The van der Waals surface area contributed by atoms with E-state index in [1.807, 2.05) is 11.8 Å². The van der Waals surface area contributed by atoms with Gasteiger partial charge in [-0.15, -0.1) is 0 Å². The Kier molecular flexibility index (Phi) is 3.82. The Morgan fingerprint density at radius 2 is 1.84 bits per heavy atom. The number of hydrogen-bond donors (Lipinski definition) is 3. The number of fused-ring (bicyclic) bond motifs is 2. The van der Waals surface area contributed by atoms with Crippen molar-refractivity contribution in [3.8, 4) is 0 Å². The Hall–Kier alpha value is -2.29. The number of nitrogens with one attached hydrogen (secondary N) is 3. The zero-order valence-corrected chi connectivity index (χ0v) is 13.7. The quantitative estimate of drug-likeness (QED) is 0.793. The van der Waals surface area contributed by atoms with Crippen molar-refractivity contribution in [1.82, 2.24) is 20.5 Å². The Morgan fingerprint density at radius 1 is 1.12 bits per heavy atom. The number of alkyl halides is 3. The molecule has 2 fully saturated rings. The first-order chi connectivity index (χ1) is 11.9. The van der Waals surface area contributed by atoms with Crippen LogP contribution in [-0.4, -0.2) is 40.4 Å². The van der Waals surface area contributed by atoms with Crippen molar-refractivity contribution in [3.05, 3.63) is 29.5 Å². The molecule has 25 heavy (non-hydrogen) atoms. The van der Waals surface area contributed by atoms with Crippen LogP contribution in [0.3, 0.4) is 0 Å². The number of H-pyrrole nitrogens is 1. The number of hydrogen-bond acceptors (Lipinski definition) is 5. The van der Waals surface area contributed by atoms with Gasteiger partial charge >= 0.3 is 6.18 Å². The summed E-state index contributed by atoms with van der Waals surface area (Å²) in [6.07, 6.45) is -2.32. The van der Waals surface area contributed by atoms with Gasteiger partial charge in [-0.05, 0) is 31.9 Å². The summed E-state index contributed by atoms with van der Waals surface area (Å²) < 4.78 is 39.9. The molecule has 0 aromatic carbocycles. The van der Waals surface area contributed by atoms with Gasteiger partial charge in [0.2, 0.25) is 0 Å². The number of aryl methyl sites for hydroxylation is 1. The summed E-state index contributed by atoms with van der Waals surface area (Å²) in [6, 6.07) is 4.50. The SMILES string of the molecule is Cc1cc(Nc2cc(C(F)(F)F)cc(N3C[C@H]4CC[C@@H](C3)N4)n2)n[nH]1. The van der Waals surface area contributed by atoms with Crippen LogP contribution >= 0.6 is 0 Å². The van der Waals surface area contributed by atoms with Gasteiger partial charge < -0.3 is 15.5 Å². The molecule has 0 unspecified atom stereocenters. The lowest BCUT2D eigenvalue weighted by Gasteiger charge is -2.34. The molecule has 0 spiro atoms. The zero-order chi connectivity index (χ0) is 17.6. The number of aromatic amines is 1. The van der Waals surface area contributed by atoms with E-state index >= 15 is 0 Å². The molecule has 2 aromatic heterocycles. The third-order valence-corrected chi connectivity index (χ3v) is 4.64. The number of rotatable bonds is 3. The van der Waals surface area contributed by atoms with Crippen molar-refractivity contribution >= 4 is 17.5 Å². The van der Waals surface area contributed by atoms with Crippen molar-refractivity contribution in [2.75, 3.05) is 23.3 Å². The van der Waals surface area contributed by atoms with Crippen LogP contribution in [0.5, 0.6) is 0 Å². The van der Waals surface area contributed by atoms with Crippen molar-refractivity contribution in [3.63, 3.8) is 0 Å². The van der Waals surface area contributed by atoms with Gasteiger partial charge in [-0.2, -0.15) is 18.3 Å². The zero-order valence-electron chi connectivity index (χ0n) is 13.7. The third-order valence-electron chi connectivity index (χ3n) is 4.64. The average Bonchev–Trinajstić information content (AvgIpc) is 3.11. The lowest BCUT2D eigenvalue weighted by Crippen LogP contribution is -2.51. The minimum atomic E-state index is -4.43. The average molecular weight is 352 g/mol. The summed E-state index contributed by atoms with van der Waals surface area (Å²) in [5.74, 6) is 0.931. The second-order valence-corrected chi connectivity index (χ2v) is 6.70. The van der Waals surface area contributed by atoms with Crippen LogP contribution < -0.4 is 15.5 Å². The molecule has 0 aliphatic carbocycles. The second-order valence-electron chi connectivity index (χ2n) is 6.70. The summed E-state index contributed by atoms with van der Waals surface area (Å²) >= 11 is 0. The highest BCUT2D eigenvalue weighted by Gasteiger charge is 2.35. The van der Waals surface area contributed by atoms with Gasteiger partial charge in [-0.25, -0.2) is 4.98 Å². The molecule has 0 amide bonds. The molecule has 6 nitrogen and oxygen atoms in total. The number of piperazine rings is 1. The van der Waals surface area contributed by atoms with Crippen molar-refractivity contribution in [2.45, 2.75) is 38.0 Å². The van der Waals surface area contributed by atoms with Crippen molar-refractivity contribution < 1.29 is 13.2 Å². The van der Waals surface area contributed by atoms with E-state index in [4.69, 9.17) is 0 Å². The predicted octanol–water partition coefficient (Wildman–Crippen LogP) is 2.82. The first-order valence-electron chi connectivity index (χ1n) is 8.26. The van der Waals surface area contributed by atoms with Gasteiger partial charge in [0.25, 0.3) is 0 Å². The maximum atomic E-state index is 13.3. The van der Waals surface area contributed by atoms with E-state index in [0.717, 1.165) is 30.7 Å². The lowest BCUT2D eigenvalue weighted by molar-refractivity contribution is -0.137. The molecule has 2 aromatic rings. The molecule has 2 aliphatic rings. The molecule has 9 heteroatoms. The molecular formula is C16H19F3N6. The topological polar surface area (TPSA) is 68.9 Å². The highest BCUT2D eigenvalue weighted by molar-refractivity contribution is 5.58. The normalized spacial score (nSPS) is 23.1. The Morgan fingerprint density at radius 3 is 2.44 bits per heavy atom. The molecular weight excluding hydrogens is 333 g/mol. The summed E-state index contributed by atoms with van der Waals surface area (Å²) in [5.41, 5.74) is 0.103. The predicted molar refractivity (Wildman–Crippen MR) is 88.0 cm³/mol. The largest absolute Gasteiger partial charge is 0.416 e. The van der Waals surface area contributed by atoms with E-state index in [0.29, 0.717) is 36.8 Å². The van der Waals surface area contributed by atoms with E-state index in [1.54, 1.807) is 6.07 Å². The van der Waals surface area contributed by atoms with Crippen LogP contribution in [-0.2, 0) is 6.18 Å². The first-order valence-corrected chi connectivity index (χ1v) is 8.26. The number of anilines is 3. The van der Waals surface area contributed by atoms with Gasteiger partial charge in [0.1, 0.15) is 11.6 Å². The standard InChI is InChI=1S/C16H19F3N6/c1-9-4-14(24-23-9)21-13-5-10(16(17,18)19)6-15(22-13)25-7-11-2-3-12(8-25)20-11/h4-6,11-12,20H,2-3,7-8H2,1H3,(H2,21,22,23,24)/t11-,12+. The first kappa shape index (κ1) is 16.2. The third kappa shape index (κ3) is 3.41. The summed E-state index contributed by atoms with van der Waals surface area (Å²) in [6.45, 7) is 3.16. The molecule has 3 N–H and O–H groups in total. The van der Waals surface area contributed by atoms with E-state index in [9.17, 15) is 13.2 Å². The van der Waals surface area contributed by atoms with E-state index in [1.165, 1.54) is 0 Å². The monoisotopic (exact) mass is 352 g/mol. The summed E-state index contributed by atoms with van der Waals surface area (Å²) in [4.78, 5) is 6.34. The second kappa shape index (κ2) is 5.91. The van der Waals surface area contributed by atoms with Gasteiger partial charge in [0.05, 0.1) is 5.56 Å². The van der Waals surface area contributed by atoms with Crippen molar-refractivity contribution in [1.29, 1.82) is 0 Å². The molecule has 2 atom stereocenters. The van der Waals surface area contributed by atoms with Crippen LogP contribution in [0.4, 0.5) is 30.6 Å². The van der Waals surface area contributed by atoms with E-state index in [2.05, 4.69) is 25.8 Å². The Balaban J connectivity index is 1.66. The molecule has 2 saturated heterocycles. The van der Waals surface area contributed by atoms with Crippen LogP contribution in [0.2, 0.25) is 0 Å². The Bertz CT molecular complexity index is 759. The minimum absolute atomic E-state index is 0.141. The molecule has 2 bridgehead atoms. The van der Waals surface area contributed by atoms with Gasteiger partial charge in [0, 0.05) is 36.9 Å². The van der Waals surface area contributed by atoms with Gasteiger partial charge in [0.15, 0.2) is 5.82 Å². The minimum Gasteiger partial charge on any atom is -0.353 e. The molecule has 134 valence electrons. The lowest BCUT2D eigenvalue weighted by atomic mass is 10.2. The molecule has 0 radical (unpaired) electrons. The highest BCUT2D eigenvalue weighted by atomic mass is 19.4. The molecule has 4 heterocycles. The molecule has 2 aliphatic heterocycles. The fraction of sp³-hybridized carbons (Fsp3) is 0.500. The van der Waals surface area contributed by atoms with E-state index in [-0.39, 0.29) is 5.82 Å². The Labute approximate surface area is 142 Å². The van der Waals surface area contributed by atoms with Crippen LogP contribution in [0, 0.1) is 6.92 Å². The number of halogens is 3. The number of pyridine rings is 1. The fourth-order valence-electron chi connectivity index (χ4n) is 3.50. The summed E-state index contributed by atoms with van der Waals surface area (Å²) in [7, 11) is 0. The number of aromatic nitrogens is 3. The highest BCUT2D eigenvalue weighted by Crippen LogP contribution is 2.34. The van der Waals surface area contributed by atoms with Crippen LogP contribution in [0.25, 0.3) is 0 Å². The van der Waals surface area contributed by atoms with Crippen LogP contribution in [0.15, 0.2) is 18.2 Å². The fourth-order valence-corrected chi connectivity index (χ4v) is 3.50. The van der Waals surface area contributed by atoms with Crippen LogP contribution in [0.1, 0.15) is 24.1 Å².